The highest BCUT2D eigenvalue weighted by molar-refractivity contribution is 6.03. The molecule has 3 heteroatoms. The Kier molecular flexibility index (Phi) is 12.3. The first-order valence-corrected chi connectivity index (χ1v) is 15.6. The fourth-order valence-electron chi connectivity index (χ4n) is 4.93. The number of anilines is 2. The number of hydrogen-bond acceptors (Lipinski definition) is 2. The second-order valence-corrected chi connectivity index (χ2v) is 9.59. The zero-order valence-corrected chi connectivity index (χ0v) is 27.3. The molecule has 0 aromatic heterocycles. The predicted molar refractivity (Wildman–Crippen MR) is 186 cm³/mol. The quantitative estimate of drug-likeness (QED) is 0.207. The lowest BCUT2D eigenvalue weighted by Gasteiger charge is -2.17. The fraction of sp³-hybridized carbons (Fsp3) is 0.225. The normalized spacial score (nSPS) is 10.6. The van der Waals surface area contributed by atoms with Gasteiger partial charge in [0.05, 0.1) is 6.07 Å². The van der Waals surface area contributed by atoms with E-state index in [0.717, 1.165) is 44.7 Å². The van der Waals surface area contributed by atoms with Crippen LogP contribution >= 0.6 is 0 Å². The van der Waals surface area contributed by atoms with E-state index >= 15 is 0 Å². The van der Waals surface area contributed by atoms with Crippen molar-refractivity contribution in [3.05, 3.63) is 131 Å². The van der Waals surface area contributed by atoms with Crippen molar-refractivity contribution in [3.8, 4) is 22.5 Å². The molecule has 0 atom stereocenters. The van der Waals surface area contributed by atoms with Crippen LogP contribution in [0.2, 0.25) is 0 Å². The Morgan fingerprint density at radius 3 is 1.86 bits per heavy atom. The molecule has 0 radical (unpaired) electrons. The number of rotatable bonds is 4. The van der Waals surface area contributed by atoms with Gasteiger partial charge in [-0.2, -0.15) is 0 Å². The van der Waals surface area contributed by atoms with Gasteiger partial charge in [-0.3, -0.25) is 0 Å². The Bertz CT molecular complexity index is 1800. The maximum absolute atomic E-state index is 6.59. The van der Waals surface area contributed by atoms with Crippen molar-refractivity contribution >= 4 is 28.0 Å². The molecule has 0 saturated heterocycles. The molecule has 4 aromatic rings. The van der Waals surface area contributed by atoms with Crippen LogP contribution in [-0.2, 0) is 0 Å². The van der Waals surface area contributed by atoms with E-state index in [0.29, 0.717) is 0 Å². The highest BCUT2D eigenvalue weighted by Gasteiger charge is 2.19. The summed E-state index contributed by atoms with van der Waals surface area (Å²) in [6.45, 7) is 18.4. The first-order valence-electron chi connectivity index (χ1n) is 15.6. The largest absolute Gasteiger partial charge is 0.456 e. The van der Waals surface area contributed by atoms with Crippen molar-refractivity contribution in [1.82, 2.24) is 0 Å². The Hall–Kier alpha value is -4.63. The van der Waals surface area contributed by atoms with E-state index in [4.69, 9.17) is 4.42 Å². The molecule has 0 saturated carbocycles. The lowest BCUT2D eigenvalue weighted by atomic mass is 9.91. The maximum atomic E-state index is 6.59. The van der Waals surface area contributed by atoms with Crippen LogP contribution < -0.4 is 15.7 Å². The van der Waals surface area contributed by atoms with Gasteiger partial charge in [-0.25, -0.2) is 4.99 Å². The number of benzene rings is 5. The van der Waals surface area contributed by atoms with Gasteiger partial charge < -0.3 is 9.73 Å². The van der Waals surface area contributed by atoms with Gasteiger partial charge in [-0.1, -0.05) is 102 Å². The molecule has 0 amide bonds. The van der Waals surface area contributed by atoms with E-state index in [1.165, 1.54) is 27.8 Å². The lowest BCUT2D eigenvalue weighted by molar-refractivity contribution is -0.403. The second kappa shape index (κ2) is 16.1. The standard InChI is InChI=1S/C34H28N2O.3C2H6/c1-22-10-4-7-13-27(22)34-28-18-16-25(35-30-14-8-5-11-23(30)2)20-32(28)37-33-21-26(17-19-29(33)34)36-31-15-9-6-12-24(31)3;3*1-2/h4-21,35H,1-3H3;3*1-2H3/p+1. The molecule has 2 aliphatic rings. The molecule has 0 unspecified atom stereocenters. The Morgan fingerprint density at radius 1 is 0.558 bits per heavy atom. The van der Waals surface area contributed by atoms with Crippen molar-refractivity contribution in [2.24, 2.45) is 0 Å². The minimum Gasteiger partial charge on any atom is -0.456 e. The molecular formula is C40H47N2O+. The van der Waals surface area contributed by atoms with Crippen LogP contribution in [0, 0.1) is 20.8 Å². The van der Waals surface area contributed by atoms with Crippen LogP contribution in [0.3, 0.4) is 0 Å². The number of nitrogens with one attached hydrogen (secondary N) is 2. The number of hydrogen-bond donors (Lipinski definition) is 2. The maximum Gasteiger partial charge on any atom is 0.207 e. The third-order valence-electron chi connectivity index (χ3n) is 6.98. The van der Waals surface area contributed by atoms with Crippen LogP contribution in [0.4, 0.5) is 17.1 Å². The predicted octanol–water partition coefficient (Wildman–Crippen LogP) is 10.3. The summed E-state index contributed by atoms with van der Waals surface area (Å²) in [6.07, 6.45) is 0. The summed E-state index contributed by atoms with van der Waals surface area (Å²) >= 11 is 0. The summed E-state index contributed by atoms with van der Waals surface area (Å²) in [5.41, 5.74) is 11.2. The van der Waals surface area contributed by atoms with E-state index in [1.807, 2.05) is 53.7 Å². The molecule has 0 spiro atoms. The number of fused-ring (bicyclic) bond motifs is 2. The van der Waals surface area contributed by atoms with Crippen LogP contribution in [0.25, 0.3) is 33.4 Å². The van der Waals surface area contributed by atoms with Crippen molar-refractivity contribution in [3.63, 3.8) is 0 Å². The molecule has 2 N–H and O–H groups in total. The average Bonchev–Trinajstić information content (AvgIpc) is 3.05. The lowest BCUT2D eigenvalue weighted by Crippen LogP contribution is -2.70. The van der Waals surface area contributed by atoms with Gasteiger partial charge in [0.1, 0.15) is 11.3 Å². The molecule has 3 nitrogen and oxygen atoms in total. The van der Waals surface area contributed by atoms with Gasteiger partial charge in [-0.05, 0) is 61.7 Å². The summed E-state index contributed by atoms with van der Waals surface area (Å²) in [5.74, 6) is 0.845. The summed E-state index contributed by atoms with van der Waals surface area (Å²) in [4.78, 5) is 3.56. The minimum atomic E-state index is 0.845. The summed E-state index contributed by atoms with van der Waals surface area (Å²) in [5, 5.41) is 5.65. The SMILES string of the molecule is CC.CC.CC.Cc1ccccc1Nc1ccc2c(-c3ccccc3C)c3ccc(=[NH+]c4ccccc4C)cc-3oc2c1. The first-order chi connectivity index (χ1) is 21.1. The zero-order chi connectivity index (χ0) is 31.4. The van der Waals surface area contributed by atoms with E-state index in [-0.39, 0.29) is 0 Å². The topological polar surface area (TPSA) is 39.1 Å². The molecule has 0 bridgehead atoms. The first kappa shape index (κ1) is 32.9. The third-order valence-corrected chi connectivity index (χ3v) is 6.98. The Morgan fingerprint density at radius 2 is 1.19 bits per heavy atom. The molecule has 222 valence electrons. The van der Waals surface area contributed by atoms with Gasteiger partial charge in [0.15, 0.2) is 0 Å². The van der Waals surface area contributed by atoms with Gasteiger partial charge in [0, 0.05) is 51.7 Å². The third kappa shape index (κ3) is 7.61. The van der Waals surface area contributed by atoms with E-state index in [2.05, 4.69) is 128 Å². The average molecular weight is 572 g/mol. The molecule has 43 heavy (non-hydrogen) atoms. The van der Waals surface area contributed by atoms with Crippen LogP contribution in [-0.4, -0.2) is 0 Å². The Balaban J connectivity index is 0.000000796. The van der Waals surface area contributed by atoms with E-state index in [9.17, 15) is 0 Å². The number of para-hydroxylation sites is 2. The van der Waals surface area contributed by atoms with Crippen LogP contribution in [0.5, 0.6) is 0 Å². The highest BCUT2D eigenvalue weighted by atomic mass is 16.3. The molecule has 4 aromatic carbocycles. The molecule has 0 fully saturated rings. The highest BCUT2D eigenvalue weighted by Crippen LogP contribution is 2.41. The Labute approximate surface area is 258 Å². The van der Waals surface area contributed by atoms with Crippen LogP contribution in [0.15, 0.2) is 114 Å². The van der Waals surface area contributed by atoms with Gasteiger partial charge in [-0.15, -0.1) is 0 Å². The monoisotopic (exact) mass is 571 g/mol. The van der Waals surface area contributed by atoms with Crippen molar-refractivity contribution in [1.29, 1.82) is 0 Å². The second-order valence-electron chi connectivity index (χ2n) is 9.59. The molecular weight excluding hydrogens is 524 g/mol. The fourth-order valence-corrected chi connectivity index (χ4v) is 4.93. The number of aryl methyl sites for hydroxylation is 3. The molecule has 1 aliphatic heterocycles. The van der Waals surface area contributed by atoms with Gasteiger partial charge in [0.2, 0.25) is 11.0 Å². The summed E-state index contributed by atoms with van der Waals surface area (Å²) in [7, 11) is 0. The van der Waals surface area contributed by atoms with Crippen LogP contribution in [0.1, 0.15) is 58.2 Å². The van der Waals surface area contributed by atoms with Crippen molar-refractivity contribution in [2.45, 2.75) is 62.3 Å². The minimum absolute atomic E-state index is 0.845. The van der Waals surface area contributed by atoms with Gasteiger partial charge >= 0.3 is 0 Å². The van der Waals surface area contributed by atoms with Crippen molar-refractivity contribution < 1.29 is 9.41 Å². The summed E-state index contributed by atoms with van der Waals surface area (Å²) < 4.78 is 6.59. The van der Waals surface area contributed by atoms with Crippen molar-refractivity contribution in [2.75, 3.05) is 5.32 Å². The van der Waals surface area contributed by atoms with E-state index in [1.54, 1.807) is 0 Å². The molecule has 1 aliphatic carbocycles. The zero-order valence-electron chi connectivity index (χ0n) is 27.3. The smallest absolute Gasteiger partial charge is 0.207 e. The van der Waals surface area contributed by atoms with E-state index < -0.39 is 0 Å². The molecule has 6 rings (SSSR count). The summed E-state index contributed by atoms with van der Waals surface area (Å²) in [6, 6.07) is 38.0. The molecule has 1 heterocycles. The van der Waals surface area contributed by atoms with Gasteiger partial charge in [0.25, 0.3) is 0 Å².